The van der Waals surface area contributed by atoms with Gasteiger partial charge in [0, 0.05) is 32.7 Å². The van der Waals surface area contributed by atoms with E-state index in [4.69, 9.17) is 24.4 Å². The van der Waals surface area contributed by atoms with Crippen LogP contribution in [0.5, 0.6) is 0 Å². The van der Waals surface area contributed by atoms with Gasteiger partial charge in [-0.05, 0) is 182 Å². The Morgan fingerprint density at radius 3 is 1.20 bits per heavy atom. The van der Waals surface area contributed by atoms with Gasteiger partial charge in [0.05, 0.1) is 11.4 Å². The first-order valence-corrected chi connectivity index (χ1v) is 33.9. The summed E-state index contributed by atoms with van der Waals surface area (Å²) in [6.45, 7) is 0. The third-order valence-electron chi connectivity index (χ3n) is 14.0. The van der Waals surface area contributed by atoms with Crippen LogP contribution in [0.2, 0.25) is 0 Å². The zero-order chi connectivity index (χ0) is 53.1. The Morgan fingerprint density at radius 1 is 0.500 bits per heavy atom. The minimum absolute atomic E-state index is 0.0598. The van der Waals surface area contributed by atoms with Crippen LogP contribution in [0.1, 0.15) is 118 Å². The van der Waals surface area contributed by atoms with Crippen molar-refractivity contribution in [1.29, 1.82) is 0 Å². The lowest BCUT2D eigenvalue weighted by atomic mass is 9.89. The molecule has 1 amide bonds. The maximum atomic E-state index is 13.0. The fraction of sp³-hybridized carbons (Fsp3) is 0.375. The Morgan fingerprint density at radius 2 is 0.855 bits per heavy atom. The summed E-state index contributed by atoms with van der Waals surface area (Å²) in [5, 5.41) is 19.0. The highest BCUT2D eigenvalue weighted by Gasteiger charge is 2.46. The first-order chi connectivity index (χ1) is 37.0. The summed E-state index contributed by atoms with van der Waals surface area (Å²) < 4.78 is 5.33. The van der Waals surface area contributed by atoms with Gasteiger partial charge in [0.2, 0.25) is 0 Å². The summed E-state index contributed by atoms with van der Waals surface area (Å²) in [6.07, 6.45) is 24.5. The van der Waals surface area contributed by atoms with E-state index >= 15 is 0 Å². The topological polar surface area (TPSA) is 233 Å². The third kappa shape index (κ3) is 12.1. The Balaban J connectivity index is 0.000000131. The number of hydrogen-bond acceptors (Lipinski definition) is 17. The standard InChI is InChI=1S/C16H17N5O2.2C16H17N5OS.P2S5/c22-14-12-5-4-11(19-13-6-9-17-10-18-13)15(23)21(12)16(20-14)7-2-1-3-8-16;2*22-15-11(19-13-6-9-17-10-18-13)4-5-12-14(23)20-16(21(12)15)7-2-1-3-8-16;3-1-2-5-7-6-4/h4-6,9-10H,1-3,7-8H2,(H,20,22)(H,17,18,19);2*4-6,9-10H,1-3,7-8H2,(H,20,23)(H,17,18,19);. The number of rotatable bonds is 7. The molecule has 3 fully saturated rings. The SMILES string of the molecule is O=C1NC2(CCCCC2)n2c1ccc(Nc1ccncn1)c2=O.O=c1c(Nc2ccncn2)ccc2n1C1(CCCCC1)NC2=S.O=c1c(Nc2ccncn2)ccc2n1C1(CCCCC1)NC2=S.S=PP=S=S=S=S. The number of hydrogen-bond donors (Lipinski definition) is 6. The Kier molecular flexibility index (Phi) is 18.4. The van der Waals surface area contributed by atoms with E-state index in [1.54, 1.807) is 84.0 Å². The molecule has 0 bridgehead atoms. The summed E-state index contributed by atoms with van der Waals surface area (Å²) in [5.41, 5.74) is 1.88. The van der Waals surface area contributed by atoms with Crippen molar-refractivity contribution in [1.82, 2.24) is 59.6 Å². The maximum absolute atomic E-state index is 13.0. The summed E-state index contributed by atoms with van der Waals surface area (Å²) in [5.74, 6) is 1.58. The first kappa shape index (κ1) is 55.2. The number of pyridine rings is 3. The van der Waals surface area contributed by atoms with Crippen molar-refractivity contribution >= 4 is 139 Å². The molecule has 0 aromatic carbocycles. The molecule has 6 aliphatic rings. The van der Waals surface area contributed by atoms with Gasteiger partial charge in [-0.1, -0.05) is 43.7 Å². The fourth-order valence-corrected chi connectivity index (χ4v) is 21.0. The minimum Gasteiger partial charge on any atom is -0.352 e. The van der Waals surface area contributed by atoms with E-state index in [1.165, 1.54) is 47.7 Å². The van der Waals surface area contributed by atoms with Crippen molar-refractivity contribution in [2.24, 2.45) is 0 Å². The zero-order valence-electron chi connectivity index (χ0n) is 40.7. The fourth-order valence-electron chi connectivity index (χ4n) is 10.7. The zero-order valence-corrected chi connectivity index (χ0v) is 48.2. The Hall–Kier alpha value is -5.56. The molecule has 6 aromatic heterocycles. The molecule has 19 nitrogen and oxygen atoms in total. The predicted molar refractivity (Wildman–Crippen MR) is 319 cm³/mol. The number of nitrogens with one attached hydrogen (secondary N) is 6. The highest BCUT2D eigenvalue weighted by molar-refractivity contribution is 8.63. The number of nitrogens with zero attached hydrogens (tertiary/aromatic N) is 9. The predicted octanol–water partition coefficient (Wildman–Crippen LogP) is 8.01. The molecule has 0 atom stereocenters. The van der Waals surface area contributed by atoms with Crippen LogP contribution in [0.15, 0.2) is 107 Å². The highest BCUT2D eigenvalue weighted by Crippen LogP contribution is 2.39. The van der Waals surface area contributed by atoms with Gasteiger partial charge in [-0.15, -0.1) is 0 Å². The second-order valence-corrected chi connectivity index (χ2v) is 29.0. The molecule has 6 aromatic rings. The molecule has 6 N–H and O–H groups in total. The first-order valence-electron chi connectivity index (χ1n) is 24.5. The molecular formula is C48H51N15O4P2S7. The number of carbonyl (C=O) groups excluding carboxylic acids is 1. The van der Waals surface area contributed by atoms with E-state index in [0.717, 1.165) is 102 Å². The van der Waals surface area contributed by atoms with Crippen molar-refractivity contribution in [2.75, 3.05) is 16.0 Å². The van der Waals surface area contributed by atoms with Gasteiger partial charge in [-0.2, -0.15) is 0 Å². The molecule has 9 heterocycles. The van der Waals surface area contributed by atoms with E-state index in [0.29, 0.717) is 50.2 Å². The van der Waals surface area contributed by atoms with Gasteiger partial charge in [0.25, 0.3) is 22.6 Å². The molecule has 3 aliphatic carbocycles. The molecule has 0 unspecified atom stereocenters. The number of thiocarbonyl (C=S) groups is 2. The van der Waals surface area contributed by atoms with Crippen LogP contribution in [-0.4, -0.2) is 59.5 Å². The summed E-state index contributed by atoms with van der Waals surface area (Å²) in [6, 6.07) is 15.8. The van der Waals surface area contributed by atoms with Gasteiger partial charge in [0.15, 0.2) is 0 Å². The minimum atomic E-state index is -0.564. The van der Waals surface area contributed by atoms with Crippen LogP contribution in [0, 0.1) is 0 Å². The van der Waals surface area contributed by atoms with Crippen LogP contribution in [0.4, 0.5) is 34.5 Å². The molecule has 76 heavy (non-hydrogen) atoms. The largest absolute Gasteiger partial charge is 0.352 e. The van der Waals surface area contributed by atoms with Gasteiger partial charge in [-0.25, -0.2) is 29.9 Å². The van der Waals surface area contributed by atoms with E-state index in [-0.39, 0.29) is 33.9 Å². The molecule has 394 valence electrons. The van der Waals surface area contributed by atoms with Crippen LogP contribution >= 0.6 is 38.5 Å². The van der Waals surface area contributed by atoms with Crippen LogP contribution in [0.25, 0.3) is 0 Å². The number of fused-ring (bicyclic) bond motifs is 6. The molecule has 28 heteroatoms. The molecule has 12 rings (SSSR count). The quantitative estimate of drug-likeness (QED) is 0.0656. The summed E-state index contributed by atoms with van der Waals surface area (Å²) in [7, 11) is 6.83. The average molecular weight is 1190 g/mol. The monoisotopic (exact) mass is 1190 g/mol. The van der Waals surface area contributed by atoms with Gasteiger partial charge >= 0.3 is 0 Å². The highest BCUT2D eigenvalue weighted by atomic mass is 33.3. The van der Waals surface area contributed by atoms with Crippen LogP contribution in [-0.2, 0) is 67.2 Å². The lowest BCUT2D eigenvalue weighted by Gasteiger charge is -2.35. The molecule has 3 spiro atoms. The van der Waals surface area contributed by atoms with E-state index in [9.17, 15) is 19.2 Å². The maximum Gasteiger partial charge on any atom is 0.276 e. The van der Waals surface area contributed by atoms with E-state index in [1.807, 2.05) is 21.3 Å². The van der Waals surface area contributed by atoms with Crippen molar-refractivity contribution in [3.05, 3.63) is 140 Å². The molecule has 3 aliphatic heterocycles. The van der Waals surface area contributed by atoms with Crippen molar-refractivity contribution in [3.63, 3.8) is 0 Å². The number of aromatic nitrogens is 9. The summed E-state index contributed by atoms with van der Waals surface area (Å²) in [4.78, 5) is 76.5. The van der Waals surface area contributed by atoms with Gasteiger partial charge in [-0.3, -0.25) is 32.9 Å². The van der Waals surface area contributed by atoms with Crippen LogP contribution in [0.3, 0.4) is 0 Å². The lowest BCUT2D eigenvalue weighted by molar-refractivity contribution is 0.0876. The smallest absolute Gasteiger partial charge is 0.276 e. The number of carbonyl (C=O) groups is 1. The third-order valence-corrected chi connectivity index (χ3v) is 24.6. The lowest BCUT2D eigenvalue weighted by Crippen LogP contribution is -2.48. The molecular weight excluding hydrogens is 1140 g/mol. The second kappa shape index (κ2) is 25.3. The normalized spacial score (nSPS) is 17.6. The van der Waals surface area contributed by atoms with Gasteiger partial charge < -0.3 is 31.9 Å². The Bertz CT molecular complexity index is 3160. The van der Waals surface area contributed by atoms with Crippen LogP contribution < -0.4 is 48.6 Å². The second-order valence-electron chi connectivity index (χ2n) is 18.5. The van der Waals surface area contributed by atoms with E-state index in [2.05, 4.69) is 84.8 Å². The molecule has 3 saturated carbocycles. The van der Waals surface area contributed by atoms with Crippen molar-refractivity contribution in [2.45, 2.75) is 113 Å². The number of amides is 1. The summed E-state index contributed by atoms with van der Waals surface area (Å²) >= 11 is 20.1. The number of anilines is 6. The molecule has 0 saturated heterocycles. The molecule has 0 radical (unpaired) electrons. The van der Waals surface area contributed by atoms with E-state index < -0.39 is 5.66 Å². The Labute approximate surface area is 469 Å². The van der Waals surface area contributed by atoms with Gasteiger partial charge in [0.1, 0.15) is 86.2 Å². The average Bonchev–Trinajstić information content (AvgIpc) is 4.04. The van der Waals surface area contributed by atoms with Crippen molar-refractivity contribution in [3.8, 4) is 0 Å². The van der Waals surface area contributed by atoms with Crippen molar-refractivity contribution < 1.29 is 4.79 Å².